The SMILES string of the molecule is CC.Cc1cc2ccc3cc(C)cc4ccc(c1)c2c34. The number of hydrogen-bond acceptors (Lipinski definition) is 0. The Kier molecular flexibility index (Phi) is 3.10. The molecule has 0 fully saturated rings. The van der Waals surface area contributed by atoms with Gasteiger partial charge in [-0.1, -0.05) is 62.4 Å². The van der Waals surface area contributed by atoms with Gasteiger partial charge in [0.05, 0.1) is 0 Å². The summed E-state index contributed by atoms with van der Waals surface area (Å²) in [6, 6.07) is 18.1. The number of hydrogen-bond donors (Lipinski definition) is 0. The van der Waals surface area contributed by atoms with Crippen LogP contribution in [0.15, 0.2) is 48.5 Å². The molecule has 0 radical (unpaired) electrons. The molecule has 0 saturated carbocycles. The van der Waals surface area contributed by atoms with E-state index in [0.717, 1.165) is 0 Å². The van der Waals surface area contributed by atoms with E-state index < -0.39 is 0 Å². The van der Waals surface area contributed by atoms with E-state index in [9.17, 15) is 0 Å². The summed E-state index contributed by atoms with van der Waals surface area (Å²) in [7, 11) is 0. The van der Waals surface area contributed by atoms with Crippen LogP contribution >= 0.6 is 0 Å². The molecule has 4 rings (SSSR count). The van der Waals surface area contributed by atoms with Crippen LogP contribution in [0, 0.1) is 13.8 Å². The zero-order chi connectivity index (χ0) is 14.3. The Morgan fingerprint density at radius 3 is 1.00 bits per heavy atom. The first-order valence-corrected chi connectivity index (χ1v) is 7.38. The minimum absolute atomic E-state index is 1.33. The van der Waals surface area contributed by atoms with Crippen LogP contribution in [0.5, 0.6) is 0 Å². The summed E-state index contributed by atoms with van der Waals surface area (Å²) in [4.78, 5) is 0. The third-order valence-corrected chi connectivity index (χ3v) is 3.82. The van der Waals surface area contributed by atoms with Gasteiger partial charge >= 0.3 is 0 Å². The molecular weight excluding hydrogens is 240 g/mol. The second kappa shape index (κ2) is 4.79. The Hall–Kier alpha value is -2.08. The zero-order valence-corrected chi connectivity index (χ0v) is 12.6. The molecule has 0 aliphatic rings. The summed E-state index contributed by atoms with van der Waals surface area (Å²) in [5, 5.41) is 8.24. The van der Waals surface area contributed by atoms with Crippen LogP contribution < -0.4 is 0 Å². The normalized spacial score (nSPS) is 11.0. The van der Waals surface area contributed by atoms with Crippen molar-refractivity contribution in [1.82, 2.24) is 0 Å². The summed E-state index contributed by atoms with van der Waals surface area (Å²) >= 11 is 0. The summed E-state index contributed by atoms with van der Waals surface area (Å²) in [5.74, 6) is 0. The second-order valence-electron chi connectivity index (χ2n) is 5.30. The van der Waals surface area contributed by atoms with Gasteiger partial charge in [0.15, 0.2) is 0 Å². The molecule has 0 aliphatic heterocycles. The fourth-order valence-corrected chi connectivity index (χ4v) is 3.15. The second-order valence-corrected chi connectivity index (χ2v) is 5.30. The van der Waals surface area contributed by atoms with E-state index in [2.05, 4.69) is 62.4 Å². The average Bonchev–Trinajstić information content (AvgIpc) is 2.46. The van der Waals surface area contributed by atoms with Crippen molar-refractivity contribution in [1.29, 1.82) is 0 Å². The van der Waals surface area contributed by atoms with Gasteiger partial charge in [-0.15, -0.1) is 0 Å². The molecule has 4 aromatic rings. The lowest BCUT2D eigenvalue weighted by atomic mass is 9.92. The monoisotopic (exact) mass is 260 g/mol. The molecule has 0 unspecified atom stereocenters. The largest absolute Gasteiger partial charge is 0.0683 e. The molecule has 0 spiro atoms. The molecule has 20 heavy (non-hydrogen) atoms. The molecule has 0 amide bonds. The van der Waals surface area contributed by atoms with E-state index in [0.29, 0.717) is 0 Å². The molecule has 0 heterocycles. The molecule has 0 bridgehead atoms. The first-order valence-electron chi connectivity index (χ1n) is 7.38. The van der Waals surface area contributed by atoms with Gasteiger partial charge in [-0.25, -0.2) is 0 Å². The molecule has 4 aromatic carbocycles. The van der Waals surface area contributed by atoms with Gasteiger partial charge in [0.1, 0.15) is 0 Å². The van der Waals surface area contributed by atoms with E-state index in [1.54, 1.807) is 0 Å². The van der Waals surface area contributed by atoms with Gasteiger partial charge in [0, 0.05) is 0 Å². The Bertz CT molecular complexity index is 743. The van der Waals surface area contributed by atoms with E-state index in [-0.39, 0.29) is 0 Å². The van der Waals surface area contributed by atoms with Crippen molar-refractivity contribution in [3.8, 4) is 0 Å². The molecule has 100 valence electrons. The van der Waals surface area contributed by atoms with Crippen LogP contribution in [0.1, 0.15) is 25.0 Å². The zero-order valence-electron chi connectivity index (χ0n) is 12.6. The molecule has 0 heteroatoms. The summed E-state index contributed by atoms with van der Waals surface area (Å²) < 4.78 is 0. The molecule has 0 nitrogen and oxygen atoms in total. The van der Waals surface area contributed by atoms with Gasteiger partial charge in [-0.05, 0) is 57.3 Å². The maximum atomic E-state index is 2.28. The van der Waals surface area contributed by atoms with Crippen molar-refractivity contribution in [2.45, 2.75) is 27.7 Å². The molecule has 0 aromatic heterocycles. The Morgan fingerprint density at radius 2 is 0.750 bits per heavy atom. The van der Waals surface area contributed by atoms with Gasteiger partial charge < -0.3 is 0 Å². The summed E-state index contributed by atoms with van der Waals surface area (Å²) in [6.07, 6.45) is 0. The van der Waals surface area contributed by atoms with Crippen LogP contribution in [0.4, 0.5) is 0 Å². The lowest BCUT2D eigenvalue weighted by Gasteiger charge is -2.12. The summed E-state index contributed by atoms with van der Waals surface area (Å²) in [6.45, 7) is 8.33. The molecule has 0 aliphatic carbocycles. The van der Waals surface area contributed by atoms with Crippen molar-refractivity contribution >= 4 is 32.3 Å². The van der Waals surface area contributed by atoms with Crippen LogP contribution in [0.25, 0.3) is 32.3 Å². The summed E-state index contributed by atoms with van der Waals surface area (Å²) in [5.41, 5.74) is 2.66. The van der Waals surface area contributed by atoms with Gasteiger partial charge in [-0.3, -0.25) is 0 Å². The van der Waals surface area contributed by atoms with Gasteiger partial charge in [0.25, 0.3) is 0 Å². The van der Waals surface area contributed by atoms with E-state index >= 15 is 0 Å². The first kappa shape index (κ1) is 12.9. The first-order chi connectivity index (χ1) is 9.72. The van der Waals surface area contributed by atoms with E-state index in [1.165, 1.54) is 43.4 Å². The highest BCUT2D eigenvalue weighted by Gasteiger charge is 2.08. The lowest BCUT2D eigenvalue weighted by molar-refractivity contribution is 1.50. The van der Waals surface area contributed by atoms with Crippen LogP contribution in [0.3, 0.4) is 0 Å². The van der Waals surface area contributed by atoms with Crippen molar-refractivity contribution in [3.05, 3.63) is 59.7 Å². The highest BCUT2D eigenvalue weighted by molar-refractivity contribution is 6.23. The van der Waals surface area contributed by atoms with E-state index in [4.69, 9.17) is 0 Å². The minimum Gasteiger partial charge on any atom is -0.0683 e. The molecular formula is C20H20. The minimum atomic E-state index is 1.33. The van der Waals surface area contributed by atoms with Crippen molar-refractivity contribution < 1.29 is 0 Å². The third-order valence-electron chi connectivity index (χ3n) is 3.82. The standard InChI is InChI=1S/C18H14.C2H6/c1-11-7-13-3-5-15-9-12(2)10-16-6-4-14(8-11)17(13)18(15)16;1-2/h3-10H,1-2H3;1-2H3. The topological polar surface area (TPSA) is 0 Å². The predicted molar refractivity (Wildman–Crippen MR) is 91.0 cm³/mol. The fourth-order valence-electron chi connectivity index (χ4n) is 3.15. The number of benzene rings is 4. The molecule has 0 saturated heterocycles. The number of aryl methyl sites for hydroxylation is 2. The Labute approximate surface area is 120 Å². The number of rotatable bonds is 0. The van der Waals surface area contributed by atoms with Gasteiger partial charge in [0.2, 0.25) is 0 Å². The maximum absolute atomic E-state index is 2.28. The van der Waals surface area contributed by atoms with Crippen LogP contribution in [0.2, 0.25) is 0 Å². The van der Waals surface area contributed by atoms with Crippen LogP contribution in [-0.2, 0) is 0 Å². The van der Waals surface area contributed by atoms with Crippen LogP contribution in [-0.4, -0.2) is 0 Å². The van der Waals surface area contributed by atoms with E-state index in [1.807, 2.05) is 13.8 Å². The molecule has 0 N–H and O–H groups in total. The lowest BCUT2D eigenvalue weighted by Crippen LogP contribution is -1.86. The maximum Gasteiger partial charge on any atom is -0.00266 e. The highest BCUT2D eigenvalue weighted by Crippen LogP contribution is 2.35. The third kappa shape index (κ3) is 1.84. The quantitative estimate of drug-likeness (QED) is 0.329. The fraction of sp³-hybridized carbons (Fsp3) is 0.200. The molecule has 0 atom stereocenters. The van der Waals surface area contributed by atoms with Crippen molar-refractivity contribution in [3.63, 3.8) is 0 Å². The average molecular weight is 260 g/mol. The Morgan fingerprint density at radius 1 is 0.500 bits per heavy atom. The smallest absolute Gasteiger partial charge is 0.00266 e. The van der Waals surface area contributed by atoms with Gasteiger partial charge in [-0.2, -0.15) is 0 Å². The Balaban J connectivity index is 0.000000581. The highest BCUT2D eigenvalue weighted by atomic mass is 14.1. The van der Waals surface area contributed by atoms with Crippen molar-refractivity contribution in [2.75, 3.05) is 0 Å². The van der Waals surface area contributed by atoms with Crippen molar-refractivity contribution in [2.24, 2.45) is 0 Å². The predicted octanol–water partition coefficient (Wildman–Crippen LogP) is 6.23.